The number of aryl methyl sites for hydroxylation is 1. The van der Waals surface area contributed by atoms with Crippen molar-refractivity contribution >= 4 is 27.5 Å². The lowest BCUT2D eigenvalue weighted by Gasteiger charge is -2.38. The average molecular weight is 488 g/mol. The van der Waals surface area contributed by atoms with Gasteiger partial charge in [-0.05, 0) is 53.4 Å². The van der Waals surface area contributed by atoms with Gasteiger partial charge in [-0.3, -0.25) is 15.1 Å². The number of amides is 1. The second kappa shape index (κ2) is 9.61. The summed E-state index contributed by atoms with van der Waals surface area (Å²) in [5.41, 5.74) is 4.74. The molecule has 3 aromatic carbocycles. The molecule has 9 heteroatoms. The first-order chi connectivity index (χ1) is 15.7. The molecule has 4 rings (SSSR count). The lowest BCUT2D eigenvalue weighted by molar-refractivity contribution is 0.0939. The molecule has 1 fully saturated rings. The van der Waals surface area contributed by atoms with Crippen LogP contribution in [-0.2, 0) is 16.6 Å². The molecule has 1 heterocycles. The quantitative estimate of drug-likeness (QED) is 0.495. The molecule has 0 aliphatic carbocycles. The largest absolute Gasteiger partial charge is 0.296 e. The Hall–Kier alpha value is -2.78. The van der Waals surface area contributed by atoms with Crippen molar-refractivity contribution in [3.05, 3.63) is 94.3 Å². The molecule has 0 aromatic heterocycles. The van der Waals surface area contributed by atoms with E-state index >= 15 is 0 Å². The van der Waals surface area contributed by atoms with Crippen LogP contribution in [0.15, 0.2) is 66.7 Å². The van der Waals surface area contributed by atoms with E-state index in [1.807, 2.05) is 47.4 Å². The van der Waals surface area contributed by atoms with Gasteiger partial charge in [0, 0.05) is 24.7 Å². The van der Waals surface area contributed by atoms with Gasteiger partial charge >= 0.3 is 0 Å². The molecule has 0 bridgehead atoms. The van der Waals surface area contributed by atoms with Crippen LogP contribution in [0.4, 0.5) is 4.39 Å². The van der Waals surface area contributed by atoms with E-state index in [9.17, 15) is 17.6 Å². The number of halogens is 2. The highest BCUT2D eigenvalue weighted by molar-refractivity contribution is 7.90. The first-order valence-electron chi connectivity index (χ1n) is 10.4. The van der Waals surface area contributed by atoms with Crippen LogP contribution in [0.1, 0.15) is 21.5 Å². The summed E-state index contributed by atoms with van der Waals surface area (Å²) in [5, 5.41) is -0.0315. The van der Waals surface area contributed by atoms with Gasteiger partial charge in [0.05, 0.1) is 5.56 Å². The number of nitrogens with zero attached hydrogens (tertiary/aromatic N) is 1. The summed E-state index contributed by atoms with van der Waals surface area (Å²) in [4.78, 5) is 16.7. The smallest absolute Gasteiger partial charge is 0.269 e. The SMILES string of the molecule is Cc1cc(-c2ccccc2)cc(C(=O)NNS(=O)(=O)C2CN(Cc3ccc(Cl)cc3)C2)c1F. The summed E-state index contributed by atoms with van der Waals surface area (Å²) < 4.78 is 39.8. The summed E-state index contributed by atoms with van der Waals surface area (Å²) in [5.74, 6) is -1.54. The molecule has 0 spiro atoms. The molecule has 33 heavy (non-hydrogen) atoms. The maximum absolute atomic E-state index is 14.6. The number of carbonyl (C=O) groups is 1. The zero-order valence-electron chi connectivity index (χ0n) is 17.9. The Bertz CT molecular complexity index is 1260. The van der Waals surface area contributed by atoms with Crippen LogP contribution in [0.3, 0.4) is 0 Å². The standard InChI is InChI=1S/C24H23ClFN3O3S/c1-16-11-19(18-5-3-2-4-6-18)12-22(23(16)26)24(30)27-28-33(31,32)21-14-29(15-21)13-17-7-9-20(25)10-8-17/h2-12,21,28H,13-15H2,1H3,(H,27,30). The number of nitrogens with one attached hydrogen (secondary N) is 2. The number of benzene rings is 3. The Morgan fingerprint density at radius 2 is 1.73 bits per heavy atom. The first kappa shape index (κ1) is 23.4. The molecule has 0 atom stereocenters. The van der Waals surface area contributed by atoms with E-state index in [0.29, 0.717) is 35.8 Å². The van der Waals surface area contributed by atoms with Crippen LogP contribution in [0, 0.1) is 12.7 Å². The van der Waals surface area contributed by atoms with Crippen molar-refractivity contribution in [1.29, 1.82) is 0 Å². The number of hydrogen-bond donors (Lipinski definition) is 2. The maximum Gasteiger partial charge on any atom is 0.269 e. The Labute approximate surface area is 197 Å². The minimum atomic E-state index is -3.81. The third-order valence-corrected chi connectivity index (χ3v) is 7.41. The van der Waals surface area contributed by atoms with Gasteiger partial charge in [0.15, 0.2) is 0 Å². The van der Waals surface area contributed by atoms with Crippen molar-refractivity contribution in [2.75, 3.05) is 13.1 Å². The molecule has 6 nitrogen and oxygen atoms in total. The molecular weight excluding hydrogens is 465 g/mol. The molecule has 172 valence electrons. The predicted molar refractivity (Wildman–Crippen MR) is 127 cm³/mol. The first-order valence-corrected chi connectivity index (χ1v) is 12.3. The van der Waals surface area contributed by atoms with E-state index in [-0.39, 0.29) is 5.56 Å². The monoisotopic (exact) mass is 487 g/mol. The molecule has 1 saturated heterocycles. The van der Waals surface area contributed by atoms with Crippen LogP contribution in [0.5, 0.6) is 0 Å². The van der Waals surface area contributed by atoms with Crippen molar-refractivity contribution < 1.29 is 17.6 Å². The van der Waals surface area contributed by atoms with Crippen molar-refractivity contribution in [3.63, 3.8) is 0 Å². The lowest BCUT2D eigenvalue weighted by Crippen LogP contribution is -2.59. The Morgan fingerprint density at radius 1 is 1.06 bits per heavy atom. The van der Waals surface area contributed by atoms with Gasteiger partial charge in [-0.25, -0.2) is 12.8 Å². The molecule has 0 radical (unpaired) electrons. The average Bonchev–Trinajstić information content (AvgIpc) is 2.78. The zero-order valence-corrected chi connectivity index (χ0v) is 19.5. The number of sulfonamides is 1. The van der Waals surface area contributed by atoms with Crippen LogP contribution in [0.25, 0.3) is 11.1 Å². The highest BCUT2D eigenvalue weighted by Gasteiger charge is 2.37. The molecule has 0 unspecified atom stereocenters. The topological polar surface area (TPSA) is 78.5 Å². The fourth-order valence-electron chi connectivity index (χ4n) is 3.70. The third kappa shape index (κ3) is 5.42. The van der Waals surface area contributed by atoms with Gasteiger partial charge in [0.1, 0.15) is 11.1 Å². The molecule has 1 aliphatic heterocycles. The fraction of sp³-hybridized carbons (Fsp3) is 0.208. The number of likely N-dealkylation sites (tertiary alicyclic amines) is 1. The number of carbonyl (C=O) groups excluding carboxylic acids is 1. The van der Waals surface area contributed by atoms with E-state index in [1.165, 1.54) is 6.07 Å². The van der Waals surface area contributed by atoms with E-state index in [4.69, 9.17) is 11.6 Å². The third-order valence-electron chi connectivity index (χ3n) is 5.60. The van der Waals surface area contributed by atoms with Crippen LogP contribution >= 0.6 is 11.6 Å². The molecule has 2 N–H and O–H groups in total. The summed E-state index contributed by atoms with van der Waals surface area (Å²) in [6.07, 6.45) is 0. The highest BCUT2D eigenvalue weighted by atomic mass is 35.5. The van der Waals surface area contributed by atoms with E-state index in [1.54, 1.807) is 25.1 Å². The fourth-order valence-corrected chi connectivity index (χ4v) is 5.04. The van der Waals surface area contributed by atoms with Crippen molar-refractivity contribution in [1.82, 2.24) is 15.2 Å². The number of hydrogen-bond acceptors (Lipinski definition) is 4. The second-order valence-corrected chi connectivity index (χ2v) is 10.5. The molecule has 1 amide bonds. The predicted octanol–water partition coefficient (Wildman–Crippen LogP) is 3.90. The lowest BCUT2D eigenvalue weighted by atomic mass is 9.99. The summed E-state index contributed by atoms with van der Waals surface area (Å²) in [6, 6.07) is 19.7. The van der Waals surface area contributed by atoms with Crippen molar-refractivity contribution in [2.24, 2.45) is 0 Å². The van der Waals surface area contributed by atoms with Crippen molar-refractivity contribution in [2.45, 2.75) is 18.7 Å². The summed E-state index contributed by atoms with van der Waals surface area (Å²) in [7, 11) is -3.81. The van der Waals surface area contributed by atoms with Gasteiger partial charge in [-0.2, -0.15) is 0 Å². The summed E-state index contributed by atoms with van der Waals surface area (Å²) >= 11 is 5.88. The molecule has 1 aliphatic rings. The van der Waals surface area contributed by atoms with Gasteiger partial charge < -0.3 is 0 Å². The minimum absolute atomic E-state index is 0.227. The molecule has 3 aromatic rings. The van der Waals surface area contributed by atoms with Gasteiger partial charge in [-0.1, -0.05) is 54.1 Å². The normalized spacial score (nSPS) is 14.6. The number of hydrazine groups is 1. The van der Waals surface area contributed by atoms with Crippen LogP contribution in [-0.4, -0.2) is 37.6 Å². The Morgan fingerprint density at radius 3 is 2.39 bits per heavy atom. The Kier molecular flexibility index (Phi) is 6.81. The zero-order chi connectivity index (χ0) is 23.6. The summed E-state index contributed by atoms with van der Waals surface area (Å²) in [6.45, 7) is 2.81. The van der Waals surface area contributed by atoms with Gasteiger partial charge in [0.2, 0.25) is 10.0 Å². The van der Waals surface area contributed by atoms with E-state index < -0.39 is 27.0 Å². The number of rotatable bonds is 7. The minimum Gasteiger partial charge on any atom is -0.296 e. The van der Waals surface area contributed by atoms with E-state index in [2.05, 4.69) is 10.3 Å². The second-order valence-electron chi connectivity index (χ2n) is 8.06. The maximum atomic E-state index is 14.6. The molecular formula is C24H23ClFN3O3S. The Balaban J connectivity index is 1.37. The van der Waals surface area contributed by atoms with Crippen molar-refractivity contribution in [3.8, 4) is 11.1 Å². The van der Waals surface area contributed by atoms with Gasteiger partial charge in [-0.15, -0.1) is 4.83 Å². The van der Waals surface area contributed by atoms with E-state index in [0.717, 1.165) is 11.1 Å². The highest BCUT2D eigenvalue weighted by Crippen LogP contribution is 2.25. The van der Waals surface area contributed by atoms with Crippen LogP contribution < -0.4 is 10.3 Å². The van der Waals surface area contributed by atoms with Crippen LogP contribution in [0.2, 0.25) is 5.02 Å². The van der Waals surface area contributed by atoms with Gasteiger partial charge in [0.25, 0.3) is 5.91 Å². The molecule has 0 saturated carbocycles.